The summed E-state index contributed by atoms with van der Waals surface area (Å²) in [6.07, 6.45) is 6.33. The molecular formula is C16H16N4. The van der Waals surface area contributed by atoms with E-state index in [-0.39, 0.29) is 0 Å². The van der Waals surface area contributed by atoms with Gasteiger partial charge in [0.2, 0.25) is 0 Å². The van der Waals surface area contributed by atoms with Gasteiger partial charge in [0.15, 0.2) is 5.82 Å². The second-order valence-electron chi connectivity index (χ2n) is 4.98. The molecule has 0 fully saturated rings. The molecule has 1 aromatic carbocycles. The van der Waals surface area contributed by atoms with Crippen LogP contribution in [0.5, 0.6) is 0 Å². The standard InChI is InChI=1S/C16H16N4/c17-12-14(11-13-7-3-1-4-8-13)16-19-18-15-9-5-2-6-10-20(15)16/h1,3-4,7-8,11H,2,5-6,9-10H2/b14-11+. The number of fused-ring (bicyclic) bond motifs is 1. The van der Waals surface area contributed by atoms with Crippen LogP contribution in [0.3, 0.4) is 0 Å². The molecule has 20 heavy (non-hydrogen) atoms. The molecule has 0 N–H and O–H groups in total. The van der Waals surface area contributed by atoms with Crippen LogP contribution in [0, 0.1) is 11.3 Å². The van der Waals surface area contributed by atoms with E-state index in [2.05, 4.69) is 20.8 Å². The Morgan fingerprint density at radius 1 is 1.15 bits per heavy atom. The Morgan fingerprint density at radius 3 is 2.80 bits per heavy atom. The normalized spacial score (nSPS) is 15.2. The predicted octanol–water partition coefficient (Wildman–Crippen LogP) is 3.07. The van der Waals surface area contributed by atoms with Crippen molar-refractivity contribution in [2.45, 2.75) is 32.2 Å². The topological polar surface area (TPSA) is 54.5 Å². The molecule has 0 radical (unpaired) electrons. The number of hydrogen-bond donors (Lipinski definition) is 0. The molecule has 0 saturated heterocycles. The average molecular weight is 264 g/mol. The number of aromatic nitrogens is 3. The lowest BCUT2D eigenvalue weighted by Crippen LogP contribution is -2.05. The van der Waals surface area contributed by atoms with Crippen molar-refractivity contribution in [2.24, 2.45) is 0 Å². The predicted molar refractivity (Wildman–Crippen MR) is 77.5 cm³/mol. The van der Waals surface area contributed by atoms with Gasteiger partial charge in [-0.15, -0.1) is 10.2 Å². The van der Waals surface area contributed by atoms with Gasteiger partial charge in [-0.05, 0) is 24.5 Å². The highest BCUT2D eigenvalue weighted by Crippen LogP contribution is 2.21. The summed E-state index contributed by atoms with van der Waals surface area (Å²) in [5, 5.41) is 17.9. The van der Waals surface area contributed by atoms with Gasteiger partial charge in [-0.25, -0.2) is 0 Å². The zero-order valence-electron chi connectivity index (χ0n) is 11.3. The molecule has 4 nitrogen and oxygen atoms in total. The van der Waals surface area contributed by atoms with Crippen molar-refractivity contribution in [1.29, 1.82) is 5.26 Å². The molecule has 0 aliphatic carbocycles. The van der Waals surface area contributed by atoms with Gasteiger partial charge in [0.05, 0.1) is 5.57 Å². The number of nitrogens with zero attached hydrogens (tertiary/aromatic N) is 4. The van der Waals surface area contributed by atoms with Crippen molar-refractivity contribution in [3.8, 4) is 6.07 Å². The molecule has 3 rings (SSSR count). The van der Waals surface area contributed by atoms with Gasteiger partial charge in [-0.1, -0.05) is 36.8 Å². The van der Waals surface area contributed by atoms with E-state index < -0.39 is 0 Å². The Balaban J connectivity index is 2.01. The third kappa shape index (κ3) is 2.48. The maximum absolute atomic E-state index is 9.43. The van der Waals surface area contributed by atoms with E-state index in [1.807, 2.05) is 36.4 Å². The highest BCUT2D eigenvalue weighted by Gasteiger charge is 2.17. The fourth-order valence-electron chi connectivity index (χ4n) is 2.55. The van der Waals surface area contributed by atoms with Gasteiger partial charge in [0, 0.05) is 13.0 Å². The minimum Gasteiger partial charge on any atom is -0.310 e. The summed E-state index contributed by atoms with van der Waals surface area (Å²) in [5.41, 5.74) is 1.59. The quantitative estimate of drug-likeness (QED) is 0.783. The molecule has 0 atom stereocenters. The maximum Gasteiger partial charge on any atom is 0.174 e. The van der Waals surface area contributed by atoms with Gasteiger partial charge in [0.25, 0.3) is 0 Å². The van der Waals surface area contributed by atoms with Crippen LogP contribution in [-0.4, -0.2) is 14.8 Å². The van der Waals surface area contributed by atoms with E-state index in [9.17, 15) is 5.26 Å². The summed E-state index contributed by atoms with van der Waals surface area (Å²) in [6.45, 7) is 0.908. The van der Waals surface area contributed by atoms with Crippen LogP contribution in [-0.2, 0) is 13.0 Å². The van der Waals surface area contributed by atoms with Crippen molar-refractivity contribution in [1.82, 2.24) is 14.8 Å². The van der Waals surface area contributed by atoms with Crippen molar-refractivity contribution in [3.05, 3.63) is 47.5 Å². The Bertz CT molecular complexity index is 662. The molecule has 0 unspecified atom stereocenters. The fraction of sp³-hybridized carbons (Fsp3) is 0.312. The molecule has 2 heterocycles. The first-order valence-corrected chi connectivity index (χ1v) is 6.98. The maximum atomic E-state index is 9.43. The lowest BCUT2D eigenvalue weighted by atomic mass is 10.1. The Kier molecular flexibility index (Phi) is 3.60. The molecule has 2 aromatic rings. The lowest BCUT2D eigenvalue weighted by molar-refractivity contribution is 0.627. The second kappa shape index (κ2) is 5.70. The van der Waals surface area contributed by atoms with Crippen LogP contribution in [0.1, 0.15) is 36.5 Å². The minimum absolute atomic E-state index is 0.580. The summed E-state index contributed by atoms with van der Waals surface area (Å²) >= 11 is 0. The molecule has 0 amide bonds. The van der Waals surface area contributed by atoms with E-state index in [0.29, 0.717) is 11.4 Å². The van der Waals surface area contributed by atoms with Crippen molar-refractivity contribution < 1.29 is 0 Å². The lowest BCUT2D eigenvalue weighted by Gasteiger charge is -2.05. The van der Waals surface area contributed by atoms with E-state index >= 15 is 0 Å². The molecule has 100 valence electrons. The van der Waals surface area contributed by atoms with E-state index in [0.717, 1.165) is 37.2 Å². The Morgan fingerprint density at radius 2 is 2.00 bits per heavy atom. The Labute approximate surface area is 118 Å². The largest absolute Gasteiger partial charge is 0.310 e. The molecule has 1 aromatic heterocycles. The number of rotatable bonds is 2. The van der Waals surface area contributed by atoms with Gasteiger partial charge in [-0.2, -0.15) is 5.26 Å². The minimum atomic E-state index is 0.580. The van der Waals surface area contributed by atoms with Gasteiger partial charge in [0.1, 0.15) is 11.9 Å². The van der Waals surface area contributed by atoms with Gasteiger partial charge >= 0.3 is 0 Å². The number of hydrogen-bond acceptors (Lipinski definition) is 3. The summed E-state index contributed by atoms with van der Waals surface area (Å²) in [6, 6.07) is 12.1. The third-order valence-electron chi connectivity index (χ3n) is 3.58. The van der Waals surface area contributed by atoms with Crippen molar-refractivity contribution >= 4 is 11.6 Å². The fourth-order valence-corrected chi connectivity index (χ4v) is 2.55. The first-order chi connectivity index (χ1) is 9.88. The summed E-state index contributed by atoms with van der Waals surface area (Å²) < 4.78 is 2.10. The van der Waals surface area contributed by atoms with Crippen molar-refractivity contribution in [2.75, 3.05) is 0 Å². The number of nitriles is 1. The monoisotopic (exact) mass is 264 g/mol. The SMILES string of the molecule is N#C/C(=C\c1ccccc1)c1nnc2n1CCCCC2. The van der Waals surface area contributed by atoms with Crippen LogP contribution < -0.4 is 0 Å². The van der Waals surface area contributed by atoms with Crippen LogP contribution >= 0.6 is 0 Å². The first-order valence-electron chi connectivity index (χ1n) is 6.98. The molecule has 4 heteroatoms. The third-order valence-corrected chi connectivity index (χ3v) is 3.58. The van der Waals surface area contributed by atoms with Crippen molar-refractivity contribution in [3.63, 3.8) is 0 Å². The molecular weight excluding hydrogens is 248 g/mol. The number of aryl methyl sites for hydroxylation is 1. The van der Waals surface area contributed by atoms with Gasteiger partial charge in [-0.3, -0.25) is 0 Å². The smallest absolute Gasteiger partial charge is 0.174 e. The van der Waals surface area contributed by atoms with Crippen LogP contribution in [0.2, 0.25) is 0 Å². The molecule has 1 aliphatic heterocycles. The first kappa shape index (κ1) is 12.6. The van der Waals surface area contributed by atoms with Crippen LogP contribution in [0.15, 0.2) is 30.3 Å². The second-order valence-corrected chi connectivity index (χ2v) is 4.98. The molecule has 0 bridgehead atoms. The van der Waals surface area contributed by atoms with E-state index in [1.165, 1.54) is 6.42 Å². The molecule has 0 spiro atoms. The molecule has 1 aliphatic rings. The van der Waals surface area contributed by atoms with Crippen LogP contribution in [0.4, 0.5) is 0 Å². The summed E-state index contributed by atoms with van der Waals surface area (Å²) in [7, 11) is 0. The highest BCUT2D eigenvalue weighted by atomic mass is 15.3. The van der Waals surface area contributed by atoms with E-state index in [1.54, 1.807) is 0 Å². The number of benzene rings is 1. The highest BCUT2D eigenvalue weighted by molar-refractivity contribution is 5.87. The summed E-state index contributed by atoms with van der Waals surface area (Å²) in [5.74, 6) is 1.71. The number of allylic oxidation sites excluding steroid dienone is 1. The molecule has 0 saturated carbocycles. The van der Waals surface area contributed by atoms with Gasteiger partial charge < -0.3 is 4.57 Å². The zero-order valence-corrected chi connectivity index (χ0v) is 11.3. The Hall–Kier alpha value is -2.41. The summed E-state index contributed by atoms with van der Waals surface area (Å²) in [4.78, 5) is 0. The van der Waals surface area contributed by atoms with E-state index in [4.69, 9.17) is 0 Å². The van der Waals surface area contributed by atoms with Crippen LogP contribution in [0.25, 0.3) is 11.6 Å². The average Bonchev–Trinajstić information content (AvgIpc) is 2.74. The zero-order chi connectivity index (χ0) is 13.8.